The average molecular weight is 134 g/mol. The molecule has 4 unspecified atom stereocenters. The fourth-order valence-corrected chi connectivity index (χ4v) is 2.62. The van der Waals surface area contributed by atoms with Crippen LogP contribution in [0.25, 0.3) is 0 Å². The summed E-state index contributed by atoms with van der Waals surface area (Å²) >= 11 is 0. The van der Waals surface area contributed by atoms with E-state index >= 15 is 0 Å². The summed E-state index contributed by atoms with van der Waals surface area (Å²) in [6.45, 7) is 0. The van der Waals surface area contributed by atoms with Crippen molar-refractivity contribution in [3.63, 3.8) is 0 Å². The smallest absolute Gasteiger partial charge is 0.140 e. The van der Waals surface area contributed by atoms with E-state index in [1.807, 2.05) is 0 Å². The van der Waals surface area contributed by atoms with Gasteiger partial charge in [0, 0.05) is 12.3 Å². The van der Waals surface area contributed by atoms with E-state index in [9.17, 15) is 4.79 Å². The quantitative estimate of drug-likeness (QED) is 0.458. The molecule has 4 aliphatic carbocycles. The molecular weight excluding hydrogens is 124 g/mol. The molecule has 0 aromatic heterocycles. The highest BCUT2D eigenvalue weighted by molar-refractivity contribution is 5.86. The van der Waals surface area contributed by atoms with Gasteiger partial charge >= 0.3 is 0 Å². The second-order valence-corrected chi connectivity index (χ2v) is 3.81. The van der Waals surface area contributed by atoms with Gasteiger partial charge in [-0.15, -0.1) is 0 Å². The number of hydrogen-bond donors (Lipinski definition) is 0. The first-order chi connectivity index (χ1) is 4.86. The van der Waals surface area contributed by atoms with Crippen LogP contribution in [0, 0.1) is 23.7 Å². The molecule has 2 saturated carbocycles. The van der Waals surface area contributed by atoms with Crippen molar-refractivity contribution in [1.29, 1.82) is 0 Å². The predicted molar refractivity (Wildman–Crippen MR) is 37.3 cm³/mol. The Hall–Kier alpha value is -0.590. The fraction of sp³-hybridized carbons (Fsp3) is 0.667. The number of fused-ring (bicyclic) bond motifs is 1. The molecule has 0 amide bonds. The van der Waals surface area contributed by atoms with Crippen molar-refractivity contribution in [2.24, 2.45) is 23.7 Å². The molecule has 0 saturated heterocycles. The van der Waals surface area contributed by atoms with E-state index in [-0.39, 0.29) is 0 Å². The standard InChI is InChI=1S/C9H10O/c10-9-3-5-1-2-6(9)8-4-7(5)8/h1-2,5-8H,3-4H2. The van der Waals surface area contributed by atoms with Gasteiger partial charge in [0.2, 0.25) is 0 Å². The highest BCUT2D eigenvalue weighted by atomic mass is 16.1. The Labute approximate surface area is 60.1 Å². The lowest BCUT2D eigenvalue weighted by Gasteiger charge is -2.27. The molecular formula is C9H10O. The minimum atomic E-state index is 0.343. The van der Waals surface area contributed by atoms with Gasteiger partial charge in [-0.25, -0.2) is 0 Å². The third-order valence-corrected chi connectivity index (χ3v) is 3.28. The maximum atomic E-state index is 11.2. The monoisotopic (exact) mass is 134 g/mol. The molecule has 0 heterocycles. The fourth-order valence-electron chi connectivity index (χ4n) is 2.62. The van der Waals surface area contributed by atoms with Crippen LogP contribution < -0.4 is 0 Å². The topological polar surface area (TPSA) is 17.1 Å². The van der Waals surface area contributed by atoms with E-state index in [2.05, 4.69) is 12.2 Å². The van der Waals surface area contributed by atoms with Gasteiger partial charge in [-0.3, -0.25) is 4.79 Å². The number of carbonyl (C=O) groups excluding carboxylic acids is 1. The molecule has 0 aromatic carbocycles. The van der Waals surface area contributed by atoms with Crippen LogP contribution >= 0.6 is 0 Å². The predicted octanol–water partition coefficient (Wildman–Crippen LogP) is 1.40. The van der Waals surface area contributed by atoms with Gasteiger partial charge in [-0.1, -0.05) is 12.2 Å². The van der Waals surface area contributed by atoms with E-state index in [1.54, 1.807) is 0 Å². The van der Waals surface area contributed by atoms with Crippen LogP contribution in [-0.2, 0) is 4.79 Å². The Kier molecular flexibility index (Phi) is 0.697. The molecule has 1 heteroatoms. The maximum absolute atomic E-state index is 11.2. The van der Waals surface area contributed by atoms with Crippen LogP contribution in [-0.4, -0.2) is 5.78 Å². The second-order valence-electron chi connectivity index (χ2n) is 3.81. The van der Waals surface area contributed by atoms with Gasteiger partial charge in [-0.05, 0) is 24.2 Å². The van der Waals surface area contributed by atoms with E-state index in [1.165, 1.54) is 6.42 Å². The zero-order chi connectivity index (χ0) is 6.72. The Morgan fingerprint density at radius 2 is 2.20 bits per heavy atom. The highest BCUT2D eigenvalue weighted by Crippen LogP contribution is 2.58. The molecule has 4 aliphatic rings. The number of hydrogen-bond acceptors (Lipinski definition) is 1. The minimum Gasteiger partial charge on any atom is -0.299 e. The van der Waals surface area contributed by atoms with Crippen molar-refractivity contribution in [3.8, 4) is 0 Å². The number of Topliss-reactive ketones (excluding diaryl/α,β-unsaturated/α-hetero) is 1. The third kappa shape index (κ3) is 0.437. The zero-order valence-corrected chi connectivity index (χ0v) is 5.79. The summed E-state index contributed by atoms with van der Waals surface area (Å²) in [6.07, 6.45) is 6.58. The Morgan fingerprint density at radius 1 is 1.30 bits per heavy atom. The lowest BCUT2D eigenvalue weighted by atomic mass is 9.75. The Morgan fingerprint density at radius 3 is 2.80 bits per heavy atom. The van der Waals surface area contributed by atoms with Gasteiger partial charge in [-0.2, -0.15) is 0 Å². The number of ketones is 1. The minimum absolute atomic E-state index is 0.343. The van der Waals surface area contributed by atoms with Gasteiger partial charge in [0.1, 0.15) is 5.78 Å². The van der Waals surface area contributed by atoms with Crippen LogP contribution in [0.5, 0.6) is 0 Å². The summed E-state index contributed by atoms with van der Waals surface area (Å²) in [5, 5.41) is 0. The van der Waals surface area contributed by atoms with Crippen LogP contribution in [0.3, 0.4) is 0 Å². The first-order valence-electron chi connectivity index (χ1n) is 4.07. The van der Waals surface area contributed by atoms with Gasteiger partial charge in [0.05, 0.1) is 0 Å². The molecule has 10 heavy (non-hydrogen) atoms. The van der Waals surface area contributed by atoms with E-state index in [4.69, 9.17) is 0 Å². The summed E-state index contributed by atoms with van der Waals surface area (Å²) in [4.78, 5) is 11.2. The van der Waals surface area contributed by atoms with Crippen molar-refractivity contribution in [2.75, 3.05) is 0 Å². The lowest BCUT2D eigenvalue weighted by Crippen LogP contribution is -2.29. The summed E-state index contributed by atoms with van der Waals surface area (Å²) < 4.78 is 0. The van der Waals surface area contributed by atoms with Crippen molar-refractivity contribution in [3.05, 3.63) is 12.2 Å². The highest BCUT2D eigenvalue weighted by Gasteiger charge is 2.54. The van der Waals surface area contributed by atoms with E-state index in [0.29, 0.717) is 17.6 Å². The third-order valence-electron chi connectivity index (χ3n) is 3.28. The van der Waals surface area contributed by atoms with Gasteiger partial charge in [0.15, 0.2) is 0 Å². The van der Waals surface area contributed by atoms with Crippen LogP contribution in [0.2, 0.25) is 0 Å². The molecule has 2 bridgehead atoms. The summed E-state index contributed by atoms with van der Waals surface area (Å²) in [5.74, 6) is 3.17. The van der Waals surface area contributed by atoms with Crippen LogP contribution in [0.1, 0.15) is 12.8 Å². The van der Waals surface area contributed by atoms with Gasteiger partial charge < -0.3 is 0 Å². The Bertz CT molecular complexity index is 229. The molecule has 0 N–H and O–H groups in total. The molecule has 0 spiro atoms. The summed E-state index contributed by atoms with van der Waals surface area (Å²) in [6, 6.07) is 0. The summed E-state index contributed by atoms with van der Waals surface area (Å²) in [7, 11) is 0. The second kappa shape index (κ2) is 1.36. The van der Waals surface area contributed by atoms with Crippen LogP contribution in [0.4, 0.5) is 0 Å². The SMILES string of the molecule is O=C1CC2C=CC1C1CC21. The molecule has 2 fully saturated rings. The van der Waals surface area contributed by atoms with E-state index < -0.39 is 0 Å². The number of rotatable bonds is 0. The normalized spacial score (nSPS) is 55.0. The average Bonchev–Trinajstić information content (AvgIpc) is 2.66. The summed E-state index contributed by atoms with van der Waals surface area (Å²) in [5.41, 5.74) is 0. The molecule has 1 nitrogen and oxygen atoms in total. The van der Waals surface area contributed by atoms with Crippen molar-refractivity contribution < 1.29 is 4.79 Å². The van der Waals surface area contributed by atoms with Crippen molar-refractivity contribution >= 4 is 5.78 Å². The maximum Gasteiger partial charge on any atom is 0.140 e. The molecule has 4 atom stereocenters. The van der Waals surface area contributed by atoms with E-state index in [0.717, 1.165) is 18.3 Å². The zero-order valence-electron chi connectivity index (χ0n) is 5.79. The molecule has 0 radical (unpaired) electrons. The first kappa shape index (κ1) is 5.11. The van der Waals surface area contributed by atoms with Crippen LogP contribution in [0.15, 0.2) is 12.2 Å². The molecule has 0 aliphatic heterocycles. The number of carbonyl (C=O) groups is 1. The lowest BCUT2D eigenvalue weighted by molar-refractivity contribution is -0.124. The first-order valence-corrected chi connectivity index (χ1v) is 4.07. The Balaban J connectivity index is 2.09. The number of allylic oxidation sites excluding steroid dienone is 2. The molecule has 52 valence electrons. The van der Waals surface area contributed by atoms with Crippen molar-refractivity contribution in [2.45, 2.75) is 12.8 Å². The molecule has 4 rings (SSSR count). The molecule has 0 aromatic rings. The van der Waals surface area contributed by atoms with Gasteiger partial charge in [0.25, 0.3) is 0 Å². The largest absolute Gasteiger partial charge is 0.299 e. The van der Waals surface area contributed by atoms with Crippen molar-refractivity contribution in [1.82, 2.24) is 0 Å².